The standard InChI is InChI=1S/C7H16N2O7S/c1-15-7-4(9-17(8,13)14)6(12)5(11)3(2-10)16-7/h3-7,9-12H,2H2,1H3,(H2,8,13,14)/t3-,4-,5-,6-,7-/m1/s1. The van der Waals surface area contributed by atoms with Gasteiger partial charge in [-0.15, -0.1) is 0 Å². The average molecular weight is 272 g/mol. The number of hydrogen-bond donors (Lipinski definition) is 5. The molecule has 1 heterocycles. The van der Waals surface area contributed by atoms with Gasteiger partial charge in [0, 0.05) is 7.11 Å². The second-order valence-electron chi connectivity index (χ2n) is 3.63. The van der Waals surface area contributed by atoms with Crippen LogP contribution in [0.25, 0.3) is 0 Å². The maximum absolute atomic E-state index is 10.9. The van der Waals surface area contributed by atoms with E-state index in [0.717, 1.165) is 0 Å². The van der Waals surface area contributed by atoms with E-state index in [1.54, 1.807) is 0 Å². The number of nitrogens with two attached hydrogens (primary N) is 1. The van der Waals surface area contributed by atoms with E-state index in [2.05, 4.69) is 0 Å². The summed E-state index contributed by atoms with van der Waals surface area (Å²) in [7, 11) is -2.87. The molecule has 0 aliphatic carbocycles. The Bertz CT molecular complexity index is 346. The van der Waals surface area contributed by atoms with Crippen molar-refractivity contribution >= 4 is 10.2 Å². The lowest BCUT2D eigenvalue weighted by Gasteiger charge is -2.41. The minimum atomic E-state index is -4.09. The Kier molecular flexibility index (Phi) is 4.80. The molecule has 0 amide bonds. The third-order valence-electron chi connectivity index (χ3n) is 2.41. The van der Waals surface area contributed by atoms with Gasteiger partial charge in [0.15, 0.2) is 6.29 Å². The second-order valence-corrected chi connectivity index (χ2v) is 4.96. The molecule has 1 aliphatic heterocycles. The Hall–Kier alpha value is -0.330. The molecule has 6 N–H and O–H groups in total. The van der Waals surface area contributed by atoms with E-state index >= 15 is 0 Å². The molecule has 0 saturated carbocycles. The minimum absolute atomic E-state index is 0.541. The van der Waals surface area contributed by atoms with Crippen LogP contribution in [0.5, 0.6) is 0 Å². The van der Waals surface area contributed by atoms with Crippen molar-refractivity contribution in [2.45, 2.75) is 30.6 Å². The van der Waals surface area contributed by atoms with Crippen molar-refractivity contribution in [3.8, 4) is 0 Å². The Morgan fingerprint density at radius 2 is 2.00 bits per heavy atom. The van der Waals surface area contributed by atoms with Crippen molar-refractivity contribution in [2.75, 3.05) is 13.7 Å². The molecule has 1 aliphatic rings. The number of hydrogen-bond acceptors (Lipinski definition) is 7. The van der Waals surface area contributed by atoms with E-state index in [0.29, 0.717) is 0 Å². The first-order chi connectivity index (χ1) is 7.80. The molecule has 1 fully saturated rings. The number of aliphatic hydroxyl groups is 3. The van der Waals surface area contributed by atoms with Gasteiger partial charge in [-0.1, -0.05) is 0 Å². The molecule has 5 atom stereocenters. The second kappa shape index (κ2) is 5.54. The maximum atomic E-state index is 10.9. The minimum Gasteiger partial charge on any atom is -0.394 e. The van der Waals surface area contributed by atoms with Gasteiger partial charge in [-0.3, -0.25) is 0 Å². The lowest BCUT2D eigenvalue weighted by atomic mass is 9.98. The van der Waals surface area contributed by atoms with Crippen LogP contribution in [0.4, 0.5) is 0 Å². The topological polar surface area (TPSA) is 151 Å². The average Bonchev–Trinajstić information content (AvgIpc) is 2.24. The van der Waals surface area contributed by atoms with Crippen molar-refractivity contribution in [3.05, 3.63) is 0 Å². The Morgan fingerprint density at radius 1 is 1.41 bits per heavy atom. The zero-order chi connectivity index (χ0) is 13.2. The molecule has 1 rings (SSSR count). The van der Waals surface area contributed by atoms with Gasteiger partial charge in [0.05, 0.1) is 6.61 Å². The predicted molar refractivity (Wildman–Crippen MR) is 54.8 cm³/mol. The van der Waals surface area contributed by atoms with Crippen LogP contribution < -0.4 is 9.86 Å². The molecular weight excluding hydrogens is 256 g/mol. The van der Waals surface area contributed by atoms with Crippen LogP contribution in [-0.4, -0.2) is 68.1 Å². The number of ether oxygens (including phenoxy) is 2. The molecular formula is C7H16N2O7S. The lowest BCUT2D eigenvalue weighted by molar-refractivity contribution is -0.260. The van der Waals surface area contributed by atoms with Gasteiger partial charge >= 0.3 is 0 Å². The van der Waals surface area contributed by atoms with E-state index in [9.17, 15) is 18.6 Å². The summed E-state index contributed by atoms with van der Waals surface area (Å²) in [6, 6.07) is -1.26. The zero-order valence-electron chi connectivity index (χ0n) is 9.05. The summed E-state index contributed by atoms with van der Waals surface area (Å²) >= 11 is 0. The Balaban J connectivity index is 2.87. The van der Waals surface area contributed by atoms with Gasteiger partial charge in [-0.2, -0.15) is 13.1 Å². The summed E-state index contributed by atoms with van der Waals surface area (Å²) in [6.45, 7) is -0.541. The van der Waals surface area contributed by atoms with E-state index in [4.69, 9.17) is 19.7 Å². The van der Waals surface area contributed by atoms with Gasteiger partial charge < -0.3 is 24.8 Å². The highest BCUT2D eigenvalue weighted by atomic mass is 32.2. The quantitative estimate of drug-likeness (QED) is 0.352. The zero-order valence-corrected chi connectivity index (χ0v) is 9.87. The third kappa shape index (κ3) is 3.56. The van der Waals surface area contributed by atoms with Crippen molar-refractivity contribution in [2.24, 2.45) is 5.14 Å². The van der Waals surface area contributed by atoms with Gasteiger partial charge in [0.1, 0.15) is 24.4 Å². The van der Waals surface area contributed by atoms with Crippen LogP contribution in [0, 0.1) is 0 Å². The van der Waals surface area contributed by atoms with E-state index in [-0.39, 0.29) is 0 Å². The van der Waals surface area contributed by atoms with Crippen molar-refractivity contribution in [3.63, 3.8) is 0 Å². The summed E-state index contributed by atoms with van der Waals surface area (Å²) in [5, 5.41) is 32.9. The normalized spacial score (nSPS) is 39.2. The maximum Gasteiger partial charge on any atom is 0.274 e. The van der Waals surface area contributed by atoms with E-state index in [1.165, 1.54) is 7.11 Å². The first kappa shape index (κ1) is 14.7. The molecule has 0 radical (unpaired) electrons. The Morgan fingerprint density at radius 3 is 2.41 bits per heavy atom. The molecule has 0 spiro atoms. The van der Waals surface area contributed by atoms with Gasteiger partial charge in [0.25, 0.3) is 10.2 Å². The molecule has 0 bridgehead atoms. The summed E-state index contributed by atoms with van der Waals surface area (Å²) in [5.74, 6) is 0. The van der Waals surface area contributed by atoms with Gasteiger partial charge in [0.2, 0.25) is 0 Å². The van der Waals surface area contributed by atoms with E-state index in [1.807, 2.05) is 4.72 Å². The van der Waals surface area contributed by atoms with Crippen molar-refractivity contribution < 1.29 is 33.2 Å². The molecule has 9 nitrogen and oxygen atoms in total. The molecule has 0 aromatic carbocycles. The van der Waals surface area contributed by atoms with E-state index < -0.39 is 47.5 Å². The highest BCUT2D eigenvalue weighted by Crippen LogP contribution is 2.21. The summed E-state index contributed by atoms with van der Waals surface area (Å²) < 4.78 is 33.5. The molecule has 0 aromatic rings. The molecule has 0 aromatic heterocycles. The van der Waals surface area contributed by atoms with Crippen molar-refractivity contribution in [1.82, 2.24) is 4.72 Å². The van der Waals surface area contributed by atoms with Crippen LogP contribution >= 0.6 is 0 Å². The SMILES string of the molecule is CO[C@@H]1O[C@H](CO)[C@@H](O)[C@H](O)[C@H]1NS(N)(=O)=O. The smallest absolute Gasteiger partial charge is 0.274 e. The fraction of sp³-hybridized carbons (Fsp3) is 1.00. The highest BCUT2D eigenvalue weighted by Gasteiger charge is 2.45. The predicted octanol–water partition coefficient (Wildman–Crippen LogP) is -3.77. The van der Waals surface area contributed by atoms with Gasteiger partial charge in [-0.25, -0.2) is 5.14 Å². The summed E-state index contributed by atoms with van der Waals surface area (Å²) in [5.41, 5.74) is 0. The van der Waals surface area contributed by atoms with Crippen LogP contribution in [0.1, 0.15) is 0 Å². The first-order valence-electron chi connectivity index (χ1n) is 4.75. The molecule has 10 heteroatoms. The third-order valence-corrected chi connectivity index (χ3v) is 3.01. The van der Waals surface area contributed by atoms with Gasteiger partial charge in [-0.05, 0) is 0 Å². The van der Waals surface area contributed by atoms with Crippen molar-refractivity contribution in [1.29, 1.82) is 0 Å². The fourth-order valence-electron chi connectivity index (χ4n) is 1.60. The number of methoxy groups -OCH3 is 1. The first-order valence-corrected chi connectivity index (χ1v) is 6.30. The summed E-state index contributed by atoms with van der Waals surface area (Å²) in [4.78, 5) is 0. The fourth-order valence-corrected chi connectivity index (χ4v) is 2.23. The number of nitrogens with one attached hydrogen (secondary N) is 1. The molecule has 102 valence electrons. The molecule has 1 saturated heterocycles. The van der Waals surface area contributed by atoms with Crippen LogP contribution in [-0.2, 0) is 19.7 Å². The van der Waals surface area contributed by atoms with Crippen LogP contribution in [0.2, 0.25) is 0 Å². The van der Waals surface area contributed by atoms with Crippen LogP contribution in [0.15, 0.2) is 0 Å². The molecule has 17 heavy (non-hydrogen) atoms. The lowest BCUT2D eigenvalue weighted by Crippen LogP contribution is -2.65. The highest BCUT2D eigenvalue weighted by molar-refractivity contribution is 7.87. The van der Waals surface area contributed by atoms with Crippen LogP contribution in [0.3, 0.4) is 0 Å². The largest absolute Gasteiger partial charge is 0.394 e. The monoisotopic (exact) mass is 272 g/mol. The molecule has 0 unspecified atom stereocenters. The number of rotatable bonds is 4. The Labute approximate surface area is 98.3 Å². The summed E-state index contributed by atoms with van der Waals surface area (Å²) in [6.07, 6.45) is -5.19. The number of aliphatic hydroxyl groups excluding tert-OH is 3.